The Morgan fingerprint density at radius 2 is 1.82 bits per heavy atom. The maximum atomic E-state index is 11.4. The minimum atomic E-state index is 0.363. The molecule has 0 aromatic heterocycles. The van der Waals surface area contributed by atoms with Crippen LogP contribution in [-0.2, 0) is 9.53 Å². The lowest BCUT2D eigenvalue weighted by Crippen LogP contribution is -2.25. The number of carbonyl (C=O) groups is 1. The van der Waals surface area contributed by atoms with Gasteiger partial charge in [0.1, 0.15) is 0 Å². The molecule has 0 aromatic carbocycles. The summed E-state index contributed by atoms with van der Waals surface area (Å²) in [4.78, 5) is 13.4. The van der Waals surface area contributed by atoms with Crippen LogP contribution in [0.25, 0.3) is 0 Å². The van der Waals surface area contributed by atoms with Crippen LogP contribution in [0, 0.1) is 0 Å². The van der Waals surface area contributed by atoms with Gasteiger partial charge in [-0.3, -0.25) is 4.79 Å². The zero-order valence-corrected chi connectivity index (χ0v) is 11.2. The summed E-state index contributed by atoms with van der Waals surface area (Å²) in [5.41, 5.74) is 0. The lowest BCUT2D eigenvalue weighted by molar-refractivity contribution is -0.127. The van der Waals surface area contributed by atoms with Gasteiger partial charge in [-0.25, -0.2) is 0 Å². The van der Waals surface area contributed by atoms with Gasteiger partial charge in [0.2, 0.25) is 5.91 Å². The normalized spacial score (nSPS) is 15.8. The van der Waals surface area contributed by atoms with Crippen LogP contribution in [0.1, 0.15) is 58.3 Å². The topological polar surface area (TPSA) is 29.5 Å². The third-order valence-electron chi connectivity index (χ3n) is 3.34. The molecule has 3 heteroatoms. The Bertz CT molecular complexity index is 206. The lowest BCUT2D eigenvalue weighted by Gasteiger charge is -2.14. The van der Waals surface area contributed by atoms with E-state index in [9.17, 15) is 4.79 Å². The minimum absolute atomic E-state index is 0.363. The number of nitrogens with zero attached hydrogens (tertiary/aromatic N) is 1. The van der Waals surface area contributed by atoms with Gasteiger partial charge in [0.05, 0.1) is 0 Å². The molecule has 1 amide bonds. The van der Waals surface area contributed by atoms with Gasteiger partial charge in [-0.05, 0) is 26.2 Å². The first-order chi connectivity index (χ1) is 8.34. The van der Waals surface area contributed by atoms with Crippen LogP contribution in [0.3, 0.4) is 0 Å². The number of likely N-dealkylation sites (tertiary alicyclic amines) is 1. The van der Waals surface area contributed by atoms with Crippen molar-refractivity contribution in [3.63, 3.8) is 0 Å². The molecular weight excluding hydrogens is 214 g/mol. The van der Waals surface area contributed by atoms with Gasteiger partial charge in [0, 0.05) is 32.7 Å². The van der Waals surface area contributed by atoms with Crippen LogP contribution in [0.2, 0.25) is 0 Å². The van der Waals surface area contributed by atoms with Crippen LogP contribution in [0.15, 0.2) is 0 Å². The van der Waals surface area contributed by atoms with Crippen molar-refractivity contribution < 1.29 is 9.53 Å². The first kappa shape index (κ1) is 14.5. The molecule has 100 valence electrons. The molecule has 0 spiro atoms. The molecule has 0 unspecified atom stereocenters. The number of unbranched alkanes of at least 4 members (excludes halogenated alkanes) is 5. The second kappa shape index (κ2) is 9.46. The standard InChI is InChI=1S/C14H27NO2/c1-2-17-13-8-6-4-3-5-7-11-15-12-9-10-14(15)16/h2-13H2,1H3. The van der Waals surface area contributed by atoms with Gasteiger partial charge in [-0.15, -0.1) is 0 Å². The van der Waals surface area contributed by atoms with Gasteiger partial charge in [0.15, 0.2) is 0 Å². The summed E-state index contributed by atoms with van der Waals surface area (Å²) < 4.78 is 5.30. The predicted molar refractivity (Wildman–Crippen MR) is 70.0 cm³/mol. The Labute approximate surface area is 106 Å². The highest BCUT2D eigenvalue weighted by molar-refractivity contribution is 5.77. The molecule has 17 heavy (non-hydrogen) atoms. The van der Waals surface area contributed by atoms with Gasteiger partial charge < -0.3 is 9.64 Å². The van der Waals surface area contributed by atoms with E-state index in [1.165, 1.54) is 38.5 Å². The fraction of sp³-hybridized carbons (Fsp3) is 0.929. The van der Waals surface area contributed by atoms with E-state index in [-0.39, 0.29) is 0 Å². The van der Waals surface area contributed by atoms with Gasteiger partial charge >= 0.3 is 0 Å². The van der Waals surface area contributed by atoms with Crippen molar-refractivity contribution in [2.75, 3.05) is 26.3 Å². The minimum Gasteiger partial charge on any atom is -0.382 e. The second-order valence-corrected chi connectivity index (χ2v) is 4.80. The molecule has 1 fully saturated rings. The number of hydrogen-bond donors (Lipinski definition) is 0. The summed E-state index contributed by atoms with van der Waals surface area (Å²) in [7, 11) is 0. The molecule has 3 nitrogen and oxygen atoms in total. The summed E-state index contributed by atoms with van der Waals surface area (Å²) in [5, 5.41) is 0. The average Bonchev–Trinajstić information content (AvgIpc) is 2.73. The Balaban J connectivity index is 1.80. The molecule has 0 atom stereocenters. The summed E-state index contributed by atoms with van der Waals surface area (Å²) in [6, 6.07) is 0. The molecule has 1 rings (SSSR count). The van der Waals surface area contributed by atoms with E-state index in [1.807, 2.05) is 11.8 Å². The summed E-state index contributed by atoms with van der Waals surface area (Å²) in [6.07, 6.45) is 9.36. The van der Waals surface area contributed by atoms with E-state index in [0.29, 0.717) is 5.91 Å². The summed E-state index contributed by atoms with van der Waals surface area (Å²) in [6.45, 7) is 5.77. The Morgan fingerprint density at radius 1 is 1.12 bits per heavy atom. The molecule has 0 bridgehead atoms. The zero-order chi connectivity index (χ0) is 12.3. The van der Waals surface area contributed by atoms with Crippen molar-refractivity contribution in [3.8, 4) is 0 Å². The highest BCUT2D eigenvalue weighted by Crippen LogP contribution is 2.12. The van der Waals surface area contributed by atoms with E-state index < -0.39 is 0 Å². The molecule has 1 aliphatic rings. The van der Waals surface area contributed by atoms with Crippen molar-refractivity contribution >= 4 is 5.91 Å². The lowest BCUT2D eigenvalue weighted by atomic mass is 10.1. The van der Waals surface area contributed by atoms with Crippen molar-refractivity contribution in [1.82, 2.24) is 4.90 Å². The van der Waals surface area contributed by atoms with Crippen LogP contribution >= 0.6 is 0 Å². The number of carbonyl (C=O) groups excluding carboxylic acids is 1. The second-order valence-electron chi connectivity index (χ2n) is 4.80. The molecule has 0 aliphatic carbocycles. The molecule has 1 heterocycles. The molecule has 1 aliphatic heterocycles. The average molecular weight is 241 g/mol. The van der Waals surface area contributed by atoms with E-state index >= 15 is 0 Å². The van der Waals surface area contributed by atoms with Gasteiger partial charge in [-0.2, -0.15) is 0 Å². The van der Waals surface area contributed by atoms with E-state index in [1.54, 1.807) is 0 Å². The first-order valence-corrected chi connectivity index (χ1v) is 7.20. The van der Waals surface area contributed by atoms with Crippen molar-refractivity contribution in [3.05, 3.63) is 0 Å². The summed E-state index contributed by atoms with van der Waals surface area (Å²) >= 11 is 0. The summed E-state index contributed by atoms with van der Waals surface area (Å²) in [5.74, 6) is 0.363. The first-order valence-electron chi connectivity index (χ1n) is 7.20. The third-order valence-corrected chi connectivity index (χ3v) is 3.34. The smallest absolute Gasteiger partial charge is 0.222 e. The fourth-order valence-electron chi connectivity index (χ4n) is 2.30. The van der Waals surface area contributed by atoms with Crippen molar-refractivity contribution in [1.29, 1.82) is 0 Å². The van der Waals surface area contributed by atoms with Crippen LogP contribution in [0.5, 0.6) is 0 Å². The van der Waals surface area contributed by atoms with Crippen LogP contribution in [-0.4, -0.2) is 37.1 Å². The van der Waals surface area contributed by atoms with E-state index in [4.69, 9.17) is 4.74 Å². The SMILES string of the molecule is CCOCCCCCCCCN1CCCC1=O. The van der Waals surface area contributed by atoms with Crippen LogP contribution in [0.4, 0.5) is 0 Å². The number of hydrogen-bond acceptors (Lipinski definition) is 2. The zero-order valence-electron chi connectivity index (χ0n) is 11.2. The fourth-order valence-corrected chi connectivity index (χ4v) is 2.30. The number of ether oxygens (including phenoxy) is 1. The highest BCUT2D eigenvalue weighted by Gasteiger charge is 2.18. The van der Waals surface area contributed by atoms with Crippen molar-refractivity contribution in [2.24, 2.45) is 0 Å². The van der Waals surface area contributed by atoms with Gasteiger partial charge in [-0.1, -0.05) is 25.7 Å². The molecule has 0 radical (unpaired) electrons. The third kappa shape index (κ3) is 6.67. The quantitative estimate of drug-likeness (QED) is 0.550. The molecule has 0 N–H and O–H groups in total. The largest absolute Gasteiger partial charge is 0.382 e. The highest BCUT2D eigenvalue weighted by atomic mass is 16.5. The maximum absolute atomic E-state index is 11.4. The van der Waals surface area contributed by atoms with E-state index in [2.05, 4.69) is 0 Å². The molecule has 0 saturated carbocycles. The number of amides is 1. The van der Waals surface area contributed by atoms with Gasteiger partial charge in [0.25, 0.3) is 0 Å². The Kier molecular flexibility index (Phi) is 8.06. The van der Waals surface area contributed by atoms with E-state index in [0.717, 1.165) is 39.1 Å². The van der Waals surface area contributed by atoms with Crippen molar-refractivity contribution in [2.45, 2.75) is 58.3 Å². The molecule has 1 saturated heterocycles. The molecular formula is C14H27NO2. The monoisotopic (exact) mass is 241 g/mol. The Hall–Kier alpha value is -0.570. The number of rotatable bonds is 10. The molecule has 0 aromatic rings. The predicted octanol–water partition coefficient (Wildman–Crippen LogP) is 2.99. The maximum Gasteiger partial charge on any atom is 0.222 e. The van der Waals surface area contributed by atoms with Crippen LogP contribution < -0.4 is 0 Å². The Morgan fingerprint density at radius 3 is 2.47 bits per heavy atom.